The molecule has 0 spiro atoms. The first-order valence-corrected chi connectivity index (χ1v) is 9.24. The second-order valence-corrected chi connectivity index (χ2v) is 7.90. The maximum atomic E-state index is 12.3. The van der Waals surface area contributed by atoms with Crippen LogP contribution in [0.1, 0.15) is 10.4 Å². The average molecular weight is 425 g/mol. The lowest BCUT2D eigenvalue weighted by Gasteiger charge is -2.14. The van der Waals surface area contributed by atoms with Crippen molar-refractivity contribution in [1.82, 2.24) is 4.47 Å². The molecule has 134 valence electrons. The maximum Gasteiger partial charge on any atom is 0.343 e. The van der Waals surface area contributed by atoms with Gasteiger partial charge in [0.25, 0.3) is 10.0 Å². The molecule has 0 radical (unpaired) electrons. The third-order valence-corrected chi connectivity index (χ3v) is 5.58. The fourth-order valence-electron chi connectivity index (χ4n) is 1.81. The minimum absolute atomic E-state index is 0.00680. The Bertz CT molecular complexity index is 894. The second-order valence-electron chi connectivity index (χ2n) is 4.71. The van der Waals surface area contributed by atoms with Crippen LogP contribution in [0.25, 0.3) is 0 Å². The monoisotopic (exact) mass is 423 g/mol. The molecule has 0 aromatic heterocycles. The van der Waals surface area contributed by atoms with Crippen LogP contribution in [0.2, 0.25) is 15.1 Å². The first kappa shape index (κ1) is 20.0. The zero-order valence-electron chi connectivity index (χ0n) is 13.0. The van der Waals surface area contributed by atoms with Crippen LogP contribution in [-0.2, 0) is 14.9 Å². The van der Waals surface area contributed by atoms with Gasteiger partial charge in [-0.15, -0.1) is 0 Å². The van der Waals surface area contributed by atoms with Crippen LogP contribution in [0.15, 0.2) is 41.3 Å². The Morgan fingerprint density at radius 2 is 1.68 bits per heavy atom. The molecule has 10 heteroatoms. The van der Waals surface area contributed by atoms with Crippen LogP contribution in [0.4, 0.5) is 0 Å². The van der Waals surface area contributed by atoms with Crippen molar-refractivity contribution in [2.24, 2.45) is 0 Å². The number of rotatable bonds is 5. The van der Waals surface area contributed by atoms with Crippen LogP contribution in [0.5, 0.6) is 5.75 Å². The lowest BCUT2D eigenvalue weighted by molar-refractivity contribution is -0.0258. The molecule has 0 amide bonds. The largest absolute Gasteiger partial charge is 0.420 e. The van der Waals surface area contributed by atoms with E-state index >= 15 is 0 Å². The van der Waals surface area contributed by atoms with Crippen LogP contribution in [-0.4, -0.2) is 33.0 Å². The highest BCUT2D eigenvalue weighted by molar-refractivity contribution is 7.89. The zero-order chi connectivity index (χ0) is 18.8. The lowest BCUT2D eigenvalue weighted by Crippen LogP contribution is -2.26. The fraction of sp³-hybridized carbons (Fsp3) is 0.133. The van der Waals surface area contributed by atoms with Crippen molar-refractivity contribution in [1.29, 1.82) is 0 Å². The van der Waals surface area contributed by atoms with E-state index in [1.54, 1.807) is 0 Å². The Hall–Kier alpha value is -1.35. The second kappa shape index (κ2) is 7.90. The highest BCUT2D eigenvalue weighted by atomic mass is 35.5. The molecule has 0 aliphatic rings. The Morgan fingerprint density at radius 3 is 2.24 bits per heavy atom. The predicted octanol–water partition coefficient (Wildman–Crippen LogP) is 4.05. The van der Waals surface area contributed by atoms with Gasteiger partial charge in [0.1, 0.15) is 0 Å². The maximum absolute atomic E-state index is 12.3. The molecule has 0 saturated heterocycles. The summed E-state index contributed by atoms with van der Waals surface area (Å²) in [6.07, 6.45) is 0. The van der Waals surface area contributed by atoms with E-state index in [0.29, 0.717) is 4.47 Å². The molecule has 6 nitrogen and oxygen atoms in total. The number of nitrogens with zero attached hydrogens (tertiary/aromatic N) is 1. The standard InChI is InChI=1S/C15H12Cl3NO5S/c1-19(23-2)25(21,22)11-5-3-4-9(6-11)15(20)24-14-12(17)7-10(16)8-13(14)18/h3-8H,1-2H3. The SMILES string of the molecule is CON(C)S(=O)(=O)c1cccc(C(=O)Oc2c(Cl)cc(Cl)cc2Cl)c1. The molecule has 0 atom stereocenters. The van der Waals surface area contributed by atoms with Gasteiger partial charge in [-0.2, -0.15) is 0 Å². The van der Waals surface area contributed by atoms with Crippen molar-refractivity contribution < 1.29 is 22.8 Å². The number of halogens is 3. The molecule has 0 aliphatic heterocycles. The van der Waals surface area contributed by atoms with Crippen molar-refractivity contribution in [3.8, 4) is 5.75 Å². The number of hydrogen-bond donors (Lipinski definition) is 0. The number of hydroxylamine groups is 1. The number of benzene rings is 2. The summed E-state index contributed by atoms with van der Waals surface area (Å²) < 4.78 is 30.3. The van der Waals surface area contributed by atoms with Crippen LogP contribution >= 0.6 is 34.8 Å². The molecule has 0 bridgehead atoms. The quantitative estimate of drug-likeness (QED) is 0.411. The summed E-state index contributed by atoms with van der Waals surface area (Å²) in [5.74, 6) is -0.900. The van der Waals surface area contributed by atoms with E-state index < -0.39 is 16.0 Å². The van der Waals surface area contributed by atoms with Gasteiger partial charge in [0, 0.05) is 12.1 Å². The number of ether oxygens (including phenoxy) is 1. The molecule has 2 aromatic rings. The fourth-order valence-corrected chi connectivity index (χ4v) is 3.72. The highest BCUT2D eigenvalue weighted by Gasteiger charge is 2.23. The molecule has 2 aromatic carbocycles. The molecular formula is C15H12Cl3NO5S. The van der Waals surface area contributed by atoms with E-state index in [1.807, 2.05) is 0 Å². The number of carbonyl (C=O) groups excluding carboxylic acids is 1. The van der Waals surface area contributed by atoms with Crippen molar-refractivity contribution in [3.63, 3.8) is 0 Å². The van der Waals surface area contributed by atoms with Crippen molar-refractivity contribution >= 4 is 50.8 Å². The van der Waals surface area contributed by atoms with Gasteiger partial charge in [-0.3, -0.25) is 4.84 Å². The molecule has 0 aliphatic carbocycles. The van der Waals surface area contributed by atoms with E-state index in [-0.39, 0.29) is 31.3 Å². The molecule has 25 heavy (non-hydrogen) atoms. The Balaban J connectivity index is 2.35. The van der Waals surface area contributed by atoms with Gasteiger partial charge in [-0.05, 0) is 30.3 Å². The van der Waals surface area contributed by atoms with Crippen molar-refractivity contribution in [3.05, 3.63) is 57.0 Å². The smallest absolute Gasteiger partial charge is 0.343 e. The number of carbonyl (C=O) groups is 1. The summed E-state index contributed by atoms with van der Waals surface area (Å²) in [5, 5.41) is 0.382. The highest BCUT2D eigenvalue weighted by Crippen LogP contribution is 2.36. The van der Waals surface area contributed by atoms with E-state index in [9.17, 15) is 13.2 Å². The number of hydrogen-bond acceptors (Lipinski definition) is 5. The van der Waals surface area contributed by atoms with E-state index in [1.165, 1.54) is 44.5 Å². The molecule has 0 fully saturated rings. The van der Waals surface area contributed by atoms with Crippen molar-refractivity contribution in [2.75, 3.05) is 14.2 Å². The molecular weight excluding hydrogens is 413 g/mol. The lowest BCUT2D eigenvalue weighted by atomic mass is 10.2. The minimum Gasteiger partial charge on any atom is -0.420 e. The van der Waals surface area contributed by atoms with E-state index in [4.69, 9.17) is 39.5 Å². The van der Waals surface area contributed by atoms with Gasteiger partial charge >= 0.3 is 5.97 Å². The zero-order valence-corrected chi connectivity index (χ0v) is 16.1. The summed E-state index contributed by atoms with van der Waals surface area (Å²) in [6.45, 7) is 0. The first-order chi connectivity index (χ1) is 11.7. The third-order valence-electron chi connectivity index (χ3n) is 3.12. The molecule has 0 heterocycles. The molecule has 0 unspecified atom stereocenters. The average Bonchev–Trinajstić information content (AvgIpc) is 2.57. The van der Waals surface area contributed by atoms with Gasteiger partial charge in [-0.25, -0.2) is 13.2 Å². The topological polar surface area (TPSA) is 72.9 Å². The molecule has 0 saturated carbocycles. The number of sulfonamides is 1. The van der Waals surface area contributed by atoms with Gasteiger partial charge in [-0.1, -0.05) is 45.3 Å². The Morgan fingerprint density at radius 1 is 1.08 bits per heavy atom. The first-order valence-electron chi connectivity index (χ1n) is 6.66. The van der Waals surface area contributed by atoms with E-state index in [2.05, 4.69) is 4.84 Å². The van der Waals surface area contributed by atoms with Gasteiger partial charge < -0.3 is 4.74 Å². The predicted molar refractivity (Wildman–Crippen MR) is 94.8 cm³/mol. The van der Waals surface area contributed by atoms with Crippen LogP contribution in [0, 0.1) is 0 Å². The summed E-state index contributed by atoms with van der Waals surface area (Å²) in [7, 11) is -1.47. The third kappa shape index (κ3) is 4.44. The van der Waals surface area contributed by atoms with Gasteiger partial charge in [0.2, 0.25) is 0 Å². The van der Waals surface area contributed by atoms with Gasteiger partial charge in [0.05, 0.1) is 27.6 Å². The molecule has 0 N–H and O–H groups in total. The van der Waals surface area contributed by atoms with Crippen LogP contribution in [0.3, 0.4) is 0 Å². The Labute approximate surface area is 159 Å². The normalized spacial score (nSPS) is 11.6. The van der Waals surface area contributed by atoms with Crippen molar-refractivity contribution in [2.45, 2.75) is 4.90 Å². The van der Waals surface area contributed by atoms with Crippen LogP contribution < -0.4 is 4.74 Å². The summed E-state index contributed by atoms with van der Waals surface area (Å²) in [6, 6.07) is 8.01. The van der Waals surface area contributed by atoms with Gasteiger partial charge in [0.15, 0.2) is 5.75 Å². The molecule has 2 rings (SSSR count). The Kier molecular flexibility index (Phi) is 6.31. The number of esters is 1. The van der Waals surface area contributed by atoms with E-state index in [0.717, 1.165) is 6.07 Å². The minimum atomic E-state index is -3.91. The summed E-state index contributed by atoms with van der Waals surface area (Å²) in [4.78, 5) is 16.9. The summed E-state index contributed by atoms with van der Waals surface area (Å²) in [5.41, 5.74) is -0.00680. The summed E-state index contributed by atoms with van der Waals surface area (Å²) >= 11 is 17.7.